The van der Waals surface area contributed by atoms with Crippen molar-refractivity contribution in [2.75, 3.05) is 0 Å². The standard InChI is InChI=1S/C16H12F3NO5S2/c1-3-4-5-6-10(2)26-11-7-8-12-13(9-11)15(22)20(14(12)21)25-27(23,24)16(17,18)19/h3-9H,1H2,2H3/b5-4-,10-6+. The number of benzene rings is 1. The Bertz CT molecular complexity index is 965. The first-order chi connectivity index (χ1) is 12.5. The van der Waals surface area contributed by atoms with E-state index < -0.39 is 32.5 Å². The van der Waals surface area contributed by atoms with Gasteiger partial charge in [-0.25, -0.2) is 0 Å². The monoisotopic (exact) mass is 419 g/mol. The molecule has 27 heavy (non-hydrogen) atoms. The zero-order valence-electron chi connectivity index (χ0n) is 13.7. The molecule has 0 N–H and O–H groups in total. The minimum Gasteiger partial charge on any atom is -0.266 e. The minimum absolute atomic E-state index is 0.253. The van der Waals surface area contributed by atoms with Gasteiger partial charge < -0.3 is 0 Å². The van der Waals surface area contributed by atoms with Crippen LogP contribution in [0.3, 0.4) is 0 Å². The van der Waals surface area contributed by atoms with Crippen molar-refractivity contribution in [1.29, 1.82) is 0 Å². The van der Waals surface area contributed by atoms with Gasteiger partial charge in [0.15, 0.2) is 0 Å². The second kappa shape index (κ2) is 7.71. The van der Waals surface area contributed by atoms with E-state index in [0.29, 0.717) is 4.90 Å². The van der Waals surface area contributed by atoms with E-state index in [0.717, 1.165) is 4.91 Å². The summed E-state index contributed by atoms with van der Waals surface area (Å²) in [5.41, 5.74) is -6.28. The van der Waals surface area contributed by atoms with Gasteiger partial charge in [0, 0.05) is 4.90 Å². The van der Waals surface area contributed by atoms with Crippen LogP contribution < -0.4 is 0 Å². The van der Waals surface area contributed by atoms with Gasteiger partial charge in [0.05, 0.1) is 11.1 Å². The van der Waals surface area contributed by atoms with E-state index in [1.807, 2.05) is 0 Å². The second-order valence-electron chi connectivity index (χ2n) is 5.09. The third kappa shape index (κ3) is 4.49. The molecule has 2 rings (SSSR count). The highest BCUT2D eigenvalue weighted by Gasteiger charge is 2.52. The van der Waals surface area contributed by atoms with Gasteiger partial charge in [-0.1, -0.05) is 42.6 Å². The molecule has 0 saturated carbocycles. The number of halogens is 3. The Kier molecular flexibility index (Phi) is 5.97. The van der Waals surface area contributed by atoms with Crippen LogP contribution in [-0.4, -0.2) is 30.8 Å². The van der Waals surface area contributed by atoms with Crippen molar-refractivity contribution in [2.24, 2.45) is 0 Å². The lowest BCUT2D eigenvalue weighted by Crippen LogP contribution is -2.37. The number of amides is 2. The molecule has 0 spiro atoms. The summed E-state index contributed by atoms with van der Waals surface area (Å²) in [6.07, 6.45) is 6.77. The van der Waals surface area contributed by atoms with Crippen molar-refractivity contribution < 1.29 is 35.5 Å². The Morgan fingerprint density at radius 2 is 1.81 bits per heavy atom. The number of hydrogen-bond donors (Lipinski definition) is 0. The highest BCUT2D eigenvalue weighted by Crippen LogP contribution is 2.33. The van der Waals surface area contributed by atoms with Gasteiger partial charge in [-0.05, 0) is 30.0 Å². The van der Waals surface area contributed by atoms with Gasteiger partial charge in [0.2, 0.25) is 0 Å². The predicted molar refractivity (Wildman–Crippen MR) is 92.0 cm³/mol. The summed E-state index contributed by atoms with van der Waals surface area (Å²) in [6.45, 7) is 5.30. The quantitative estimate of drug-likeness (QED) is 0.302. The topological polar surface area (TPSA) is 80.8 Å². The number of imide groups is 1. The number of allylic oxidation sites excluding steroid dienone is 5. The second-order valence-corrected chi connectivity index (χ2v) is 7.93. The molecule has 0 bridgehead atoms. The summed E-state index contributed by atoms with van der Waals surface area (Å²) in [4.78, 5) is 25.5. The molecular weight excluding hydrogens is 407 g/mol. The number of hydroxylamine groups is 2. The van der Waals surface area contributed by atoms with Crippen LogP contribution in [0.1, 0.15) is 27.6 Å². The largest absolute Gasteiger partial charge is 0.525 e. The number of thioether (sulfide) groups is 1. The molecule has 0 aliphatic carbocycles. The van der Waals surface area contributed by atoms with Crippen LogP contribution in [0.25, 0.3) is 0 Å². The van der Waals surface area contributed by atoms with E-state index in [4.69, 9.17) is 0 Å². The minimum atomic E-state index is -6.15. The molecule has 0 fully saturated rings. The average molecular weight is 419 g/mol. The first-order valence-electron chi connectivity index (χ1n) is 7.15. The van der Waals surface area contributed by atoms with Gasteiger partial charge in [-0.2, -0.15) is 21.6 Å². The summed E-state index contributed by atoms with van der Waals surface area (Å²) in [7, 11) is -6.15. The lowest BCUT2D eigenvalue weighted by Gasteiger charge is -2.14. The SMILES string of the molecule is C=C/C=C\C=C(/C)Sc1ccc2c(c1)C(=O)N(OS(=O)(=O)C(F)(F)F)C2=O. The summed E-state index contributed by atoms with van der Waals surface area (Å²) in [5, 5.41) is -0.405. The molecule has 0 aromatic heterocycles. The van der Waals surface area contributed by atoms with E-state index in [1.165, 1.54) is 30.0 Å². The lowest BCUT2D eigenvalue weighted by molar-refractivity contribution is -0.0748. The Morgan fingerprint density at radius 1 is 1.19 bits per heavy atom. The highest BCUT2D eigenvalue weighted by atomic mass is 32.2. The summed E-state index contributed by atoms with van der Waals surface area (Å²) in [6, 6.07) is 3.97. The summed E-state index contributed by atoms with van der Waals surface area (Å²) >= 11 is 1.24. The van der Waals surface area contributed by atoms with Gasteiger partial charge in [0.1, 0.15) is 0 Å². The van der Waals surface area contributed by atoms with Crippen molar-refractivity contribution >= 4 is 33.7 Å². The number of alkyl halides is 3. The molecule has 1 aliphatic heterocycles. The maximum absolute atomic E-state index is 12.4. The van der Waals surface area contributed by atoms with Gasteiger partial charge >= 0.3 is 15.6 Å². The number of carbonyl (C=O) groups excluding carboxylic acids is 2. The highest BCUT2D eigenvalue weighted by molar-refractivity contribution is 8.03. The molecule has 0 unspecified atom stereocenters. The third-order valence-corrected chi connectivity index (χ3v) is 4.99. The van der Waals surface area contributed by atoms with Crippen LogP contribution in [0, 0.1) is 0 Å². The van der Waals surface area contributed by atoms with Crippen molar-refractivity contribution in [2.45, 2.75) is 17.3 Å². The molecule has 1 aromatic carbocycles. The van der Waals surface area contributed by atoms with Gasteiger partial charge in [-0.15, -0.1) is 9.35 Å². The van der Waals surface area contributed by atoms with Gasteiger partial charge in [0.25, 0.3) is 11.8 Å². The molecule has 2 amide bonds. The smallest absolute Gasteiger partial charge is 0.266 e. The number of nitrogens with zero attached hydrogens (tertiary/aromatic N) is 1. The lowest BCUT2D eigenvalue weighted by atomic mass is 10.1. The van der Waals surface area contributed by atoms with Gasteiger partial charge in [-0.3, -0.25) is 9.59 Å². The molecule has 0 saturated heterocycles. The fourth-order valence-corrected chi connectivity index (χ4v) is 3.21. The number of rotatable bonds is 6. The Morgan fingerprint density at radius 3 is 2.41 bits per heavy atom. The Balaban J connectivity index is 2.28. The number of carbonyl (C=O) groups is 2. The van der Waals surface area contributed by atoms with Crippen molar-refractivity contribution in [3.8, 4) is 0 Å². The van der Waals surface area contributed by atoms with Crippen LogP contribution in [-0.2, 0) is 14.4 Å². The molecule has 0 radical (unpaired) electrons. The van der Waals surface area contributed by atoms with Crippen LogP contribution in [0.5, 0.6) is 0 Å². The normalized spacial score (nSPS) is 15.6. The van der Waals surface area contributed by atoms with Crippen LogP contribution >= 0.6 is 11.8 Å². The maximum atomic E-state index is 12.4. The first kappa shape index (κ1) is 20.9. The Labute approximate surface area is 157 Å². The average Bonchev–Trinajstić information content (AvgIpc) is 2.78. The van der Waals surface area contributed by atoms with E-state index in [9.17, 15) is 31.2 Å². The van der Waals surface area contributed by atoms with Crippen LogP contribution in [0.2, 0.25) is 0 Å². The molecular formula is C16H12F3NO5S2. The summed E-state index contributed by atoms with van der Waals surface area (Å²) in [5.74, 6) is -2.58. The first-order valence-corrected chi connectivity index (χ1v) is 9.38. The van der Waals surface area contributed by atoms with E-state index >= 15 is 0 Å². The van der Waals surface area contributed by atoms with Crippen LogP contribution in [0.15, 0.2) is 58.9 Å². The van der Waals surface area contributed by atoms with E-state index in [2.05, 4.69) is 10.9 Å². The Hall–Kier alpha value is -2.37. The fourth-order valence-electron chi connectivity index (χ4n) is 1.96. The molecule has 6 nitrogen and oxygen atoms in total. The van der Waals surface area contributed by atoms with Crippen molar-refractivity contribution in [3.63, 3.8) is 0 Å². The fraction of sp³-hybridized carbons (Fsp3) is 0.125. The molecule has 0 atom stereocenters. The molecule has 11 heteroatoms. The zero-order chi connectivity index (χ0) is 20.4. The maximum Gasteiger partial charge on any atom is 0.525 e. The van der Waals surface area contributed by atoms with E-state index in [-0.39, 0.29) is 11.1 Å². The molecule has 1 aliphatic rings. The number of hydrogen-bond acceptors (Lipinski definition) is 6. The molecule has 1 heterocycles. The van der Waals surface area contributed by atoms with E-state index in [1.54, 1.807) is 31.2 Å². The summed E-state index contributed by atoms with van der Waals surface area (Å²) < 4.78 is 63.1. The van der Waals surface area contributed by atoms with Crippen molar-refractivity contribution in [3.05, 3.63) is 65.1 Å². The molecule has 1 aromatic rings. The zero-order valence-corrected chi connectivity index (χ0v) is 15.3. The van der Waals surface area contributed by atoms with Crippen LogP contribution in [0.4, 0.5) is 13.2 Å². The number of fused-ring (bicyclic) bond motifs is 1. The third-order valence-electron chi connectivity index (χ3n) is 3.13. The predicted octanol–water partition coefficient (Wildman–Crippen LogP) is 3.80. The van der Waals surface area contributed by atoms with Crippen molar-refractivity contribution in [1.82, 2.24) is 5.06 Å². The molecule has 144 valence electrons.